The molecule has 18 heavy (non-hydrogen) atoms. The van der Waals surface area contributed by atoms with E-state index in [2.05, 4.69) is 4.98 Å². The second-order valence-electron chi connectivity index (χ2n) is 3.76. The molecule has 7 heteroatoms. The molecule has 0 spiro atoms. The van der Waals surface area contributed by atoms with E-state index in [0.717, 1.165) is 0 Å². The lowest BCUT2D eigenvalue weighted by molar-refractivity contribution is 0.181. The molecule has 0 aliphatic carbocycles. The average molecular weight is 266 g/mol. The fraction of sp³-hybridized carbons (Fsp3) is 0.545. The molecule has 1 aromatic heterocycles. The van der Waals surface area contributed by atoms with Gasteiger partial charge in [0.15, 0.2) is 0 Å². The summed E-state index contributed by atoms with van der Waals surface area (Å²) in [4.78, 5) is 3.70. The van der Waals surface area contributed by atoms with Crippen LogP contribution in [0.3, 0.4) is 0 Å². The van der Waals surface area contributed by atoms with Crippen molar-refractivity contribution in [1.29, 1.82) is 0 Å². The summed E-state index contributed by atoms with van der Waals surface area (Å²) < 4.78 is 58.0. The molecule has 0 N–H and O–H groups in total. The van der Waals surface area contributed by atoms with Crippen LogP contribution < -0.4 is 4.90 Å². The number of pyridine rings is 1. The summed E-state index contributed by atoms with van der Waals surface area (Å²) in [5.74, 6) is -6.32. The number of rotatable bonds is 5. The van der Waals surface area contributed by atoms with Gasteiger partial charge in [-0.05, 0) is 13.8 Å². The van der Waals surface area contributed by atoms with Crippen molar-refractivity contribution < 1.29 is 22.3 Å². The van der Waals surface area contributed by atoms with Crippen molar-refractivity contribution in [3.63, 3.8) is 0 Å². The third kappa shape index (κ3) is 2.72. The number of hydrogen-bond acceptors (Lipinski definition) is 3. The SMILES string of the molecule is CCN(c1c(F)c(F)nc(F)c1F)C(C)COC. The molecule has 0 radical (unpaired) electrons. The first kappa shape index (κ1) is 14.7. The molecule has 3 nitrogen and oxygen atoms in total. The van der Waals surface area contributed by atoms with Gasteiger partial charge in [0.25, 0.3) is 11.9 Å². The maximum Gasteiger partial charge on any atom is 0.253 e. The Morgan fingerprint density at radius 1 is 1.17 bits per heavy atom. The highest BCUT2D eigenvalue weighted by atomic mass is 19.2. The Hall–Kier alpha value is -1.37. The van der Waals surface area contributed by atoms with Crippen LogP contribution in [0.25, 0.3) is 0 Å². The van der Waals surface area contributed by atoms with Gasteiger partial charge in [0.1, 0.15) is 5.69 Å². The van der Waals surface area contributed by atoms with Crippen LogP contribution in [0.15, 0.2) is 0 Å². The van der Waals surface area contributed by atoms with Crippen molar-refractivity contribution in [1.82, 2.24) is 4.98 Å². The molecule has 1 rings (SSSR count). The lowest BCUT2D eigenvalue weighted by atomic mass is 10.2. The van der Waals surface area contributed by atoms with E-state index in [-0.39, 0.29) is 13.2 Å². The number of likely N-dealkylation sites (N-methyl/N-ethyl adjacent to an activating group) is 1. The van der Waals surface area contributed by atoms with E-state index in [0.29, 0.717) is 0 Å². The van der Waals surface area contributed by atoms with Crippen molar-refractivity contribution >= 4 is 5.69 Å². The van der Waals surface area contributed by atoms with E-state index >= 15 is 0 Å². The molecule has 0 amide bonds. The topological polar surface area (TPSA) is 25.4 Å². The predicted molar refractivity (Wildman–Crippen MR) is 58.4 cm³/mol. The first-order valence-electron chi connectivity index (χ1n) is 5.39. The van der Waals surface area contributed by atoms with Crippen LogP contribution >= 0.6 is 0 Å². The maximum atomic E-state index is 13.6. The number of ether oxygens (including phenoxy) is 1. The van der Waals surface area contributed by atoms with Crippen molar-refractivity contribution in [3.8, 4) is 0 Å². The number of anilines is 1. The van der Waals surface area contributed by atoms with Gasteiger partial charge in [-0.15, -0.1) is 0 Å². The van der Waals surface area contributed by atoms with Crippen LogP contribution in [0.2, 0.25) is 0 Å². The molecule has 0 saturated carbocycles. The van der Waals surface area contributed by atoms with Gasteiger partial charge in [-0.2, -0.15) is 22.5 Å². The van der Waals surface area contributed by atoms with Crippen molar-refractivity contribution in [3.05, 3.63) is 23.5 Å². The Balaban J connectivity index is 3.28. The Kier molecular flexibility index (Phi) is 4.89. The summed E-state index contributed by atoms with van der Waals surface area (Å²) in [5, 5.41) is 0. The summed E-state index contributed by atoms with van der Waals surface area (Å²) in [6.45, 7) is 3.57. The summed E-state index contributed by atoms with van der Waals surface area (Å²) in [5.41, 5.74) is -0.757. The molecule has 1 aromatic rings. The van der Waals surface area contributed by atoms with Crippen molar-refractivity contribution in [2.24, 2.45) is 0 Å². The maximum absolute atomic E-state index is 13.6. The molecule has 1 heterocycles. The second kappa shape index (κ2) is 5.99. The van der Waals surface area contributed by atoms with Gasteiger partial charge in [-0.3, -0.25) is 0 Å². The zero-order valence-corrected chi connectivity index (χ0v) is 10.3. The van der Waals surface area contributed by atoms with Gasteiger partial charge in [0.2, 0.25) is 11.6 Å². The van der Waals surface area contributed by atoms with Gasteiger partial charge in [0.05, 0.1) is 6.61 Å². The zero-order valence-electron chi connectivity index (χ0n) is 10.3. The van der Waals surface area contributed by atoms with E-state index in [1.165, 1.54) is 12.0 Å². The number of nitrogens with zero attached hydrogens (tertiary/aromatic N) is 2. The highest BCUT2D eigenvalue weighted by Gasteiger charge is 2.27. The molecule has 102 valence electrons. The Bertz CT molecular complexity index is 402. The third-order valence-electron chi connectivity index (χ3n) is 2.54. The number of hydrogen-bond donors (Lipinski definition) is 0. The molecule has 1 atom stereocenters. The predicted octanol–water partition coefficient (Wildman–Crippen LogP) is 2.50. The first-order chi connectivity index (χ1) is 8.43. The summed E-state index contributed by atoms with van der Waals surface area (Å²) in [7, 11) is 1.42. The van der Waals surface area contributed by atoms with Gasteiger partial charge in [-0.25, -0.2) is 0 Å². The van der Waals surface area contributed by atoms with Crippen LogP contribution in [0.4, 0.5) is 23.2 Å². The fourth-order valence-electron chi connectivity index (χ4n) is 1.75. The second-order valence-corrected chi connectivity index (χ2v) is 3.76. The number of aromatic nitrogens is 1. The minimum atomic E-state index is -1.66. The van der Waals surface area contributed by atoms with Crippen molar-refractivity contribution in [2.75, 3.05) is 25.2 Å². The molecule has 0 aliphatic rings. The summed E-state index contributed by atoms with van der Waals surface area (Å²) in [6, 6.07) is -0.440. The minimum Gasteiger partial charge on any atom is -0.383 e. The zero-order chi connectivity index (χ0) is 13.9. The van der Waals surface area contributed by atoms with Crippen LogP contribution in [0.5, 0.6) is 0 Å². The smallest absolute Gasteiger partial charge is 0.253 e. The quantitative estimate of drug-likeness (QED) is 0.605. The van der Waals surface area contributed by atoms with Gasteiger partial charge in [0, 0.05) is 19.7 Å². The van der Waals surface area contributed by atoms with E-state index in [4.69, 9.17) is 4.74 Å². The van der Waals surface area contributed by atoms with E-state index in [1.54, 1.807) is 13.8 Å². The number of halogens is 4. The monoisotopic (exact) mass is 266 g/mol. The lowest BCUT2D eigenvalue weighted by Gasteiger charge is -2.30. The van der Waals surface area contributed by atoms with Gasteiger partial charge in [-0.1, -0.05) is 0 Å². The Morgan fingerprint density at radius 2 is 1.67 bits per heavy atom. The van der Waals surface area contributed by atoms with Gasteiger partial charge >= 0.3 is 0 Å². The third-order valence-corrected chi connectivity index (χ3v) is 2.54. The van der Waals surface area contributed by atoms with E-state index < -0.39 is 35.3 Å². The average Bonchev–Trinajstić information content (AvgIpc) is 2.32. The van der Waals surface area contributed by atoms with Crippen LogP contribution in [0.1, 0.15) is 13.8 Å². The van der Waals surface area contributed by atoms with Crippen molar-refractivity contribution in [2.45, 2.75) is 19.9 Å². The fourth-order valence-corrected chi connectivity index (χ4v) is 1.75. The van der Waals surface area contributed by atoms with Crippen LogP contribution in [0, 0.1) is 23.5 Å². The minimum absolute atomic E-state index is 0.165. The van der Waals surface area contributed by atoms with Gasteiger partial charge < -0.3 is 9.64 Å². The van der Waals surface area contributed by atoms with E-state index in [1.807, 2.05) is 0 Å². The molecule has 0 saturated heterocycles. The highest BCUT2D eigenvalue weighted by molar-refractivity contribution is 5.49. The summed E-state index contributed by atoms with van der Waals surface area (Å²) in [6.07, 6.45) is 0. The Morgan fingerprint density at radius 3 is 2.06 bits per heavy atom. The molecular formula is C11H14F4N2O. The normalized spacial score (nSPS) is 12.6. The molecule has 0 bridgehead atoms. The van der Waals surface area contributed by atoms with Crippen LogP contribution in [-0.2, 0) is 4.74 Å². The largest absolute Gasteiger partial charge is 0.383 e. The molecule has 0 aromatic carbocycles. The van der Waals surface area contributed by atoms with Crippen LogP contribution in [-0.4, -0.2) is 31.3 Å². The Labute approximate surface area is 102 Å². The molecular weight excluding hydrogens is 252 g/mol. The number of methoxy groups -OCH3 is 1. The first-order valence-corrected chi connectivity index (χ1v) is 5.39. The highest BCUT2D eigenvalue weighted by Crippen LogP contribution is 2.27. The standard InChI is InChI=1S/C11H14F4N2O/c1-4-17(6(2)5-18-3)9-7(12)10(14)16-11(15)8(9)13/h6H,4-5H2,1-3H3. The molecule has 0 fully saturated rings. The molecule has 0 aliphatic heterocycles. The molecule has 1 unspecified atom stereocenters. The van der Waals surface area contributed by atoms with E-state index in [9.17, 15) is 17.6 Å². The lowest BCUT2D eigenvalue weighted by Crippen LogP contribution is -2.38. The summed E-state index contributed by atoms with van der Waals surface area (Å²) >= 11 is 0.